The van der Waals surface area contributed by atoms with Crippen molar-refractivity contribution in [3.8, 4) is 5.75 Å². The molecule has 1 rings (SSSR count). The van der Waals surface area contributed by atoms with Crippen molar-refractivity contribution in [2.45, 2.75) is 6.92 Å². The molecule has 0 fully saturated rings. The van der Waals surface area contributed by atoms with Crippen LogP contribution < -0.4 is 11.1 Å². The van der Waals surface area contributed by atoms with E-state index in [0.717, 1.165) is 12.2 Å². The van der Waals surface area contributed by atoms with Gasteiger partial charge in [-0.05, 0) is 19.1 Å². The summed E-state index contributed by atoms with van der Waals surface area (Å²) in [7, 11) is 0. The van der Waals surface area contributed by atoms with Crippen LogP contribution in [-0.4, -0.2) is 11.7 Å². The van der Waals surface area contributed by atoms with Crippen LogP contribution in [0.1, 0.15) is 6.92 Å². The van der Waals surface area contributed by atoms with E-state index in [4.69, 9.17) is 10.8 Å². The molecule has 0 heterocycles. The highest BCUT2D eigenvalue weighted by Gasteiger charge is 1.96. The number of nitrogen functional groups attached to an aromatic ring is 1. The fourth-order valence-electron chi connectivity index (χ4n) is 0.858. The van der Waals surface area contributed by atoms with Crippen LogP contribution in [0, 0.1) is 0 Å². The van der Waals surface area contributed by atoms with Gasteiger partial charge in [-0.2, -0.15) is 0 Å². The summed E-state index contributed by atoms with van der Waals surface area (Å²) in [5.41, 5.74) is 6.70. The second-order valence-corrected chi connectivity index (χ2v) is 2.30. The summed E-state index contributed by atoms with van der Waals surface area (Å²) in [6, 6.07) is 5.12. The molecule has 1 aromatic carbocycles. The summed E-state index contributed by atoms with van der Waals surface area (Å²) in [5.74, 6) is 0.128. The fraction of sp³-hybridized carbons (Fsp3) is 0.250. The van der Waals surface area contributed by atoms with E-state index in [9.17, 15) is 0 Å². The van der Waals surface area contributed by atoms with E-state index in [0.29, 0.717) is 5.69 Å². The first-order valence-electron chi connectivity index (χ1n) is 3.56. The number of nitrogens with two attached hydrogens (primary N) is 1. The second kappa shape index (κ2) is 3.14. The Hall–Kier alpha value is -1.38. The Bertz CT molecular complexity index is 248. The van der Waals surface area contributed by atoms with Gasteiger partial charge in [-0.1, -0.05) is 0 Å². The van der Waals surface area contributed by atoms with Crippen LogP contribution in [0.15, 0.2) is 18.2 Å². The zero-order valence-corrected chi connectivity index (χ0v) is 6.46. The molecule has 3 heteroatoms. The summed E-state index contributed by atoms with van der Waals surface area (Å²) in [6.45, 7) is 2.83. The number of hydrogen-bond donors (Lipinski definition) is 3. The molecule has 4 N–H and O–H groups in total. The molecule has 0 atom stereocenters. The molecule has 0 saturated carbocycles. The lowest BCUT2D eigenvalue weighted by Gasteiger charge is -2.04. The number of phenols is 1. The molecule has 0 bridgehead atoms. The number of hydrogen-bond acceptors (Lipinski definition) is 3. The molecule has 0 aliphatic heterocycles. The Kier molecular flexibility index (Phi) is 2.21. The van der Waals surface area contributed by atoms with Gasteiger partial charge in [0.25, 0.3) is 0 Å². The van der Waals surface area contributed by atoms with E-state index in [1.54, 1.807) is 12.1 Å². The molecular formula is C8H12N2O. The van der Waals surface area contributed by atoms with E-state index in [-0.39, 0.29) is 5.75 Å². The molecule has 3 nitrogen and oxygen atoms in total. The molecule has 11 heavy (non-hydrogen) atoms. The van der Waals surface area contributed by atoms with E-state index >= 15 is 0 Å². The molecule has 0 radical (unpaired) electrons. The normalized spacial score (nSPS) is 9.55. The fourth-order valence-corrected chi connectivity index (χ4v) is 0.858. The third kappa shape index (κ3) is 1.77. The Morgan fingerprint density at radius 2 is 2.27 bits per heavy atom. The molecule has 0 aliphatic rings. The molecule has 0 unspecified atom stereocenters. The predicted molar refractivity (Wildman–Crippen MR) is 46.7 cm³/mol. The van der Waals surface area contributed by atoms with Crippen LogP contribution in [-0.2, 0) is 0 Å². The Balaban J connectivity index is 2.86. The monoisotopic (exact) mass is 152 g/mol. The van der Waals surface area contributed by atoms with Gasteiger partial charge < -0.3 is 16.2 Å². The summed E-state index contributed by atoms with van der Waals surface area (Å²) in [6.07, 6.45) is 0. The van der Waals surface area contributed by atoms with Gasteiger partial charge >= 0.3 is 0 Å². The highest BCUT2D eigenvalue weighted by atomic mass is 16.3. The minimum Gasteiger partial charge on any atom is -0.506 e. The van der Waals surface area contributed by atoms with Gasteiger partial charge in [-0.3, -0.25) is 0 Å². The van der Waals surface area contributed by atoms with Crippen molar-refractivity contribution in [3.05, 3.63) is 18.2 Å². The molecule has 0 aliphatic carbocycles. The van der Waals surface area contributed by atoms with E-state index in [1.165, 1.54) is 0 Å². The number of benzene rings is 1. The zero-order valence-electron chi connectivity index (χ0n) is 6.46. The van der Waals surface area contributed by atoms with Gasteiger partial charge in [0.05, 0.1) is 5.69 Å². The highest BCUT2D eigenvalue weighted by molar-refractivity contribution is 5.60. The first-order valence-corrected chi connectivity index (χ1v) is 3.56. The average Bonchev–Trinajstić information content (AvgIpc) is 1.98. The van der Waals surface area contributed by atoms with Crippen molar-refractivity contribution >= 4 is 11.4 Å². The van der Waals surface area contributed by atoms with Gasteiger partial charge in [0.1, 0.15) is 5.75 Å². The third-order valence-electron chi connectivity index (χ3n) is 1.41. The molecule has 0 saturated heterocycles. The van der Waals surface area contributed by atoms with Crippen molar-refractivity contribution in [2.24, 2.45) is 0 Å². The number of aromatic hydroxyl groups is 1. The van der Waals surface area contributed by atoms with Crippen molar-refractivity contribution < 1.29 is 5.11 Å². The quantitative estimate of drug-likeness (QED) is 0.443. The molecule has 0 spiro atoms. The van der Waals surface area contributed by atoms with Gasteiger partial charge in [-0.25, -0.2) is 0 Å². The van der Waals surface area contributed by atoms with Crippen molar-refractivity contribution in [2.75, 3.05) is 17.6 Å². The lowest BCUT2D eigenvalue weighted by Crippen LogP contribution is -1.96. The maximum absolute atomic E-state index is 9.16. The minimum absolute atomic E-state index is 0.128. The maximum atomic E-state index is 9.16. The topological polar surface area (TPSA) is 58.3 Å². The molecule has 1 aromatic rings. The summed E-state index contributed by atoms with van der Waals surface area (Å²) >= 11 is 0. The van der Waals surface area contributed by atoms with E-state index in [1.807, 2.05) is 13.0 Å². The van der Waals surface area contributed by atoms with Gasteiger partial charge in [-0.15, -0.1) is 0 Å². The van der Waals surface area contributed by atoms with Crippen molar-refractivity contribution in [3.63, 3.8) is 0 Å². The number of phenolic OH excluding ortho intramolecular Hbond substituents is 1. The second-order valence-electron chi connectivity index (χ2n) is 2.30. The van der Waals surface area contributed by atoms with Crippen LogP contribution in [0.3, 0.4) is 0 Å². The first kappa shape index (κ1) is 7.72. The van der Waals surface area contributed by atoms with Crippen LogP contribution in [0.2, 0.25) is 0 Å². The average molecular weight is 152 g/mol. The predicted octanol–water partition coefficient (Wildman–Crippen LogP) is 1.41. The van der Waals surface area contributed by atoms with Gasteiger partial charge in [0, 0.05) is 18.3 Å². The van der Waals surface area contributed by atoms with Crippen LogP contribution in [0.5, 0.6) is 5.75 Å². The van der Waals surface area contributed by atoms with Crippen LogP contribution >= 0.6 is 0 Å². The van der Waals surface area contributed by atoms with Crippen LogP contribution in [0.25, 0.3) is 0 Å². The smallest absolute Gasteiger partial charge is 0.140 e. The van der Waals surface area contributed by atoms with E-state index < -0.39 is 0 Å². The largest absolute Gasteiger partial charge is 0.506 e. The van der Waals surface area contributed by atoms with Crippen molar-refractivity contribution in [1.82, 2.24) is 0 Å². The summed E-state index contributed by atoms with van der Waals surface area (Å²) in [4.78, 5) is 0. The SMILES string of the molecule is CCNc1ccc(N)c(O)c1. The Morgan fingerprint density at radius 1 is 1.55 bits per heavy atom. The highest BCUT2D eigenvalue weighted by Crippen LogP contribution is 2.23. The van der Waals surface area contributed by atoms with Crippen molar-refractivity contribution in [1.29, 1.82) is 0 Å². The maximum Gasteiger partial charge on any atom is 0.140 e. The van der Waals surface area contributed by atoms with Gasteiger partial charge in [0.15, 0.2) is 0 Å². The number of nitrogens with one attached hydrogen (secondary N) is 1. The number of rotatable bonds is 2. The lowest BCUT2D eigenvalue weighted by atomic mass is 10.2. The Labute approximate surface area is 65.8 Å². The minimum atomic E-state index is 0.128. The Morgan fingerprint density at radius 3 is 2.82 bits per heavy atom. The summed E-state index contributed by atoms with van der Waals surface area (Å²) < 4.78 is 0. The van der Waals surface area contributed by atoms with Gasteiger partial charge in [0.2, 0.25) is 0 Å². The molecule has 0 aromatic heterocycles. The third-order valence-corrected chi connectivity index (χ3v) is 1.41. The first-order chi connectivity index (χ1) is 5.24. The standard InChI is InChI=1S/C8H12N2O/c1-2-10-6-3-4-7(9)8(11)5-6/h3-5,10-11H,2,9H2,1H3. The molecule has 60 valence electrons. The zero-order chi connectivity index (χ0) is 8.27. The molecule has 0 amide bonds. The lowest BCUT2D eigenvalue weighted by molar-refractivity contribution is 0.478. The summed E-state index contributed by atoms with van der Waals surface area (Å²) in [5, 5.41) is 12.2. The van der Waals surface area contributed by atoms with Crippen LogP contribution in [0.4, 0.5) is 11.4 Å². The molecular weight excluding hydrogens is 140 g/mol. The number of anilines is 2. The van der Waals surface area contributed by atoms with E-state index in [2.05, 4.69) is 5.32 Å².